The van der Waals surface area contributed by atoms with Crippen molar-refractivity contribution in [1.82, 2.24) is 9.88 Å². The van der Waals surface area contributed by atoms with Gasteiger partial charge in [-0.2, -0.15) is 0 Å². The van der Waals surface area contributed by atoms with Crippen molar-refractivity contribution in [3.63, 3.8) is 0 Å². The molecule has 2 rings (SSSR count). The monoisotopic (exact) mass is 338 g/mol. The van der Waals surface area contributed by atoms with E-state index in [0.29, 0.717) is 5.92 Å². The van der Waals surface area contributed by atoms with Gasteiger partial charge < -0.3 is 4.90 Å². The van der Waals surface area contributed by atoms with E-state index >= 15 is 0 Å². The van der Waals surface area contributed by atoms with Crippen LogP contribution in [0.15, 0.2) is 42.5 Å². The summed E-state index contributed by atoms with van der Waals surface area (Å²) in [4.78, 5) is 19.9. The number of aryl methyl sites for hydroxylation is 1. The van der Waals surface area contributed by atoms with Gasteiger partial charge in [0.25, 0.3) is 0 Å². The number of hydrogen-bond donors (Lipinski definition) is 0. The zero-order chi connectivity index (χ0) is 18.2. The lowest BCUT2D eigenvalue weighted by molar-refractivity contribution is 0.103. The highest BCUT2D eigenvalue weighted by molar-refractivity contribution is 6.09. The molecule has 3 nitrogen and oxygen atoms in total. The van der Waals surface area contributed by atoms with Gasteiger partial charge in [0, 0.05) is 16.8 Å². The number of carbonyl (C=O) groups is 1. The van der Waals surface area contributed by atoms with Crippen LogP contribution in [0.5, 0.6) is 0 Å². The Balaban J connectivity index is 2.16. The van der Waals surface area contributed by atoms with Crippen molar-refractivity contribution in [2.45, 2.75) is 45.4 Å². The van der Waals surface area contributed by atoms with E-state index in [0.717, 1.165) is 48.3 Å². The van der Waals surface area contributed by atoms with Crippen LogP contribution in [0.1, 0.15) is 66.3 Å². The molecule has 1 heterocycles. The van der Waals surface area contributed by atoms with E-state index in [1.54, 1.807) is 0 Å². The molecule has 0 aliphatic carbocycles. The second kappa shape index (κ2) is 9.47. The van der Waals surface area contributed by atoms with Crippen molar-refractivity contribution in [2.24, 2.45) is 0 Å². The summed E-state index contributed by atoms with van der Waals surface area (Å²) in [5, 5.41) is 0. The summed E-state index contributed by atoms with van der Waals surface area (Å²) in [5.41, 5.74) is 3.50. The summed E-state index contributed by atoms with van der Waals surface area (Å²) in [6.45, 7) is 5.39. The molecule has 0 spiro atoms. The fourth-order valence-electron chi connectivity index (χ4n) is 2.88. The molecule has 1 aromatic carbocycles. The minimum absolute atomic E-state index is 0.0756. The minimum atomic E-state index is 0.0756. The van der Waals surface area contributed by atoms with Crippen LogP contribution in [0.4, 0.5) is 0 Å². The first-order chi connectivity index (χ1) is 12.0. The van der Waals surface area contributed by atoms with Crippen molar-refractivity contribution in [3.8, 4) is 0 Å². The third kappa shape index (κ3) is 5.79. The first kappa shape index (κ1) is 19.3. The molecule has 0 radical (unpaired) electrons. The standard InChI is InChI=1S/C22H30N2O/c1-17(2)20-15-14-19(22(25)18-11-7-5-8-12-18)21(23-20)13-9-6-10-16-24(3)4/h5,7-8,11-12,14-15,17H,6,9-10,13,16H2,1-4H3. The van der Waals surface area contributed by atoms with Crippen molar-refractivity contribution >= 4 is 5.78 Å². The Hall–Kier alpha value is -2.00. The molecule has 134 valence electrons. The fraction of sp³-hybridized carbons (Fsp3) is 0.455. The number of benzene rings is 1. The van der Waals surface area contributed by atoms with Crippen LogP contribution in [0.25, 0.3) is 0 Å². The number of nitrogens with zero attached hydrogens (tertiary/aromatic N) is 2. The predicted molar refractivity (Wildman–Crippen MR) is 104 cm³/mol. The molecule has 0 bridgehead atoms. The lowest BCUT2D eigenvalue weighted by atomic mass is 9.97. The highest BCUT2D eigenvalue weighted by Gasteiger charge is 2.16. The average Bonchev–Trinajstić information content (AvgIpc) is 2.61. The molecule has 0 unspecified atom stereocenters. The summed E-state index contributed by atoms with van der Waals surface area (Å²) < 4.78 is 0. The van der Waals surface area contributed by atoms with E-state index < -0.39 is 0 Å². The van der Waals surface area contributed by atoms with E-state index in [9.17, 15) is 4.79 Å². The quantitative estimate of drug-likeness (QED) is 0.490. The summed E-state index contributed by atoms with van der Waals surface area (Å²) in [6.07, 6.45) is 4.27. The van der Waals surface area contributed by atoms with Crippen LogP contribution >= 0.6 is 0 Å². The molecule has 0 saturated carbocycles. The molecular weight excluding hydrogens is 308 g/mol. The molecule has 1 aromatic heterocycles. The van der Waals surface area contributed by atoms with E-state index in [1.807, 2.05) is 42.5 Å². The Bertz CT molecular complexity index is 678. The maximum absolute atomic E-state index is 12.9. The Morgan fingerprint density at radius 3 is 2.36 bits per heavy atom. The van der Waals surface area contributed by atoms with Crippen molar-refractivity contribution < 1.29 is 4.79 Å². The van der Waals surface area contributed by atoms with Gasteiger partial charge in [-0.15, -0.1) is 0 Å². The lowest BCUT2D eigenvalue weighted by Gasteiger charge is -2.13. The van der Waals surface area contributed by atoms with Gasteiger partial charge in [-0.25, -0.2) is 0 Å². The van der Waals surface area contributed by atoms with Gasteiger partial charge >= 0.3 is 0 Å². The van der Waals surface area contributed by atoms with Gasteiger partial charge in [0.2, 0.25) is 0 Å². The van der Waals surface area contributed by atoms with E-state index in [-0.39, 0.29) is 5.78 Å². The normalized spacial score (nSPS) is 11.3. The van der Waals surface area contributed by atoms with Gasteiger partial charge in [0.15, 0.2) is 5.78 Å². The van der Waals surface area contributed by atoms with Gasteiger partial charge in [-0.05, 0) is 58.0 Å². The molecule has 2 aromatic rings. The van der Waals surface area contributed by atoms with Crippen LogP contribution in [0.3, 0.4) is 0 Å². The van der Waals surface area contributed by atoms with Crippen LogP contribution in [-0.2, 0) is 6.42 Å². The second-order valence-corrected chi connectivity index (χ2v) is 7.19. The van der Waals surface area contributed by atoms with E-state index in [1.165, 1.54) is 6.42 Å². The Morgan fingerprint density at radius 2 is 1.72 bits per heavy atom. The van der Waals surface area contributed by atoms with Gasteiger partial charge in [-0.3, -0.25) is 9.78 Å². The number of carbonyl (C=O) groups excluding carboxylic acids is 1. The number of rotatable bonds is 9. The first-order valence-electron chi connectivity index (χ1n) is 9.23. The van der Waals surface area contributed by atoms with Crippen LogP contribution in [0, 0.1) is 0 Å². The third-order valence-electron chi connectivity index (χ3n) is 4.39. The third-order valence-corrected chi connectivity index (χ3v) is 4.39. The number of ketones is 1. The summed E-state index contributed by atoms with van der Waals surface area (Å²) in [5.74, 6) is 0.445. The molecule has 0 saturated heterocycles. The SMILES string of the molecule is CC(C)c1ccc(C(=O)c2ccccc2)c(CCCCCN(C)C)n1. The zero-order valence-corrected chi connectivity index (χ0v) is 16.0. The van der Waals surface area contributed by atoms with Crippen molar-refractivity contribution in [1.29, 1.82) is 0 Å². The van der Waals surface area contributed by atoms with Crippen molar-refractivity contribution in [3.05, 3.63) is 65.0 Å². The lowest BCUT2D eigenvalue weighted by Crippen LogP contribution is -2.13. The van der Waals surface area contributed by atoms with Crippen molar-refractivity contribution in [2.75, 3.05) is 20.6 Å². The molecule has 0 atom stereocenters. The van der Waals surface area contributed by atoms with Gasteiger partial charge in [0.05, 0.1) is 5.69 Å². The van der Waals surface area contributed by atoms with Crippen LogP contribution in [-0.4, -0.2) is 36.3 Å². The van der Waals surface area contributed by atoms with Gasteiger partial charge in [-0.1, -0.05) is 50.6 Å². The molecule has 25 heavy (non-hydrogen) atoms. The van der Waals surface area contributed by atoms with E-state index in [4.69, 9.17) is 4.98 Å². The number of pyridine rings is 1. The Morgan fingerprint density at radius 1 is 1.00 bits per heavy atom. The number of aromatic nitrogens is 1. The smallest absolute Gasteiger partial charge is 0.194 e. The highest BCUT2D eigenvalue weighted by Crippen LogP contribution is 2.20. The maximum Gasteiger partial charge on any atom is 0.194 e. The highest BCUT2D eigenvalue weighted by atomic mass is 16.1. The van der Waals surface area contributed by atoms with Gasteiger partial charge in [0.1, 0.15) is 0 Å². The summed E-state index contributed by atoms with van der Waals surface area (Å²) in [6, 6.07) is 13.5. The fourth-order valence-corrected chi connectivity index (χ4v) is 2.88. The average molecular weight is 338 g/mol. The Labute approximate surface area is 152 Å². The molecule has 0 aliphatic rings. The molecule has 0 amide bonds. The largest absolute Gasteiger partial charge is 0.309 e. The summed E-state index contributed by atoms with van der Waals surface area (Å²) >= 11 is 0. The molecule has 0 fully saturated rings. The minimum Gasteiger partial charge on any atom is -0.309 e. The number of hydrogen-bond acceptors (Lipinski definition) is 3. The molecule has 3 heteroatoms. The predicted octanol–water partition coefficient (Wildman–Crippen LogP) is 4.71. The maximum atomic E-state index is 12.9. The van der Waals surface area contributed by atoms with Crippen LogP contribution < -0.4 is 0 Å². The first-order valence-corrected chi connectivity index (χ1v) is 9.23. The second-order valence-electron chi connectivity index (χ2n) is 7.19. The molecule has 0 aliphatic heterocycles. The van der Waals surface area contributed by atoms with E-state index in [2.05, 4.69) is 32.8 Å². The zero-order valence-electron chi connectivity index (χ0n) is 16.0. The molecular formula is C22H30N2O. The topological polar surface area (TPSA) is 33.2 Å². The number of unbranched alkanes of at least 4 members (excludes halogenated alkanes) is 2. The Kier molecular flexibility index (Phi) is 7.32. The summed E-state index contributed by atoms with van der Waals surface area (Å²) in [7, 11) is 4.20. The molecule has 0 N–H and O–H groups in total. The van der Waals surface area contributed by atoms with Crippen LogP contribution in [0.2, 0.25) is 0 Å².